The van der Waals surface area contributed by atoms with Crippen molar-refractivity contribution in [2.75, 3.05) is 29.0 Å². The van der Waals surface area contributed by atoms with Gasteiger partial charge in [-0.15, -0.1) is 0 Å². The molecule has 6 N–H and O–H groups in total. The van der Waals surface area contributed by atoms with Gasteiger partial charge in [0.05, 0.1) is 17.4 Å². The van der Waals surface area contributed by atoms with Gasteiger partial charge in [-0.3, -0.25) is 0 Å². The van der Waals surface area contributed by atoms with Crippen LogP contribution in [-0.2, 0) is 0 Å². The fourth-order valence-electron chi connectivity index (χ4n) is 3.71. The summed E-state index contributed by atoms with van der Waals surface area (Å²) in [4.78, 5) is 18.1. The first-order valence-corrected chi connectivity index (χ1v) is 9.57. The van der Waals surface area contributed by atoms with Gasteiger partial charge in [0, 0.05) is 18.5 Å². The molecule has 1 aliphatic rings. The zero-order valence-corrected chi connectivity index (χ0v) is 16.4. The monoisotopic (exact) mass is 370 g/mol. The third-order valence-electron chi connectivity index (χ3n) is 5.04. The van der Waals surface area contributed by atoms with Crippen molar-refractivity contribution in [2.24, 2.45) is 11.1 Å². The number of hydrogen-bond donors (Lipinski definition) is 4. The zero-order valence-electron chi connectivity index (χ0n) is 16.4. The van der Waals surface area contributed by atoms with E-state index in [1.807, 2.05) is 18.2 Å². The number of nitrogens with zero attached hydrogens (tertiary/aromatic N) is 2. The molecular formula is C20H30N6O. The normalized spacial score (nSPS) is 16.3. The highest BCUT2D eigenvalue weighted by Gasteiger charge is 2.35. The van der Waals surface area contributed by atoms with E-state index in [1.165, 1.54) is 0 Å². The highest BCUT2D eigenvalue weighted by atomic mass is 16.2. The molecular weight excluding hydrogens is 340 g/mol. The largest absolute Gasteiger partial charge is 0.382 e. The number of nitrogen functional groups attached to an aromatic ring is 1. The number of pyridine rings is 1. The van der Waals surface area contributed by atoms with Crippen molar-refractivity contribution < 1.29 is 4.79 Å². The molecule has 0 bridgehead atoms. The molecule has 1 unspecified atom stereocenters. The molecule has 27 heavy (non-hydrogen) atoms. The molecule has 2 heterocycles. The molecule has 146 valence electrons. The predicted molar refractivity (Wildman–Crippen MR) is 112 cm³/mol. The molecule has 0 fully saturated rings. The molecule has 1 aromatic carbocycles. The Morgan fingerprint density at radius 3 is 2.81 bits per heavy atom. The first kappa shape index (κ1) is 19.1. The van der Waals surface area contributed by atoms with Crippen LogP contribution in [0.5, 0.6) is 0 Å². The molecule has 7 heteroatoms. The Morgan fingerprint density at radius 2 is 2.11 bits per heavy atom. The maximum Gasteiger partial charge on any atom is 0.312 e. The number of nitrogens with two attached hydrogens (primary N) is 2. The number of urea groups is 1. The van der Waals surface area contributed by atoms with Crippen LogP contribution < -0.4 is 27.0 Å². The van der Waals surface area contributed by atoms with E-state index in [4.69, 9.17) is 11.5 Å². The van der Waals surface area contributed by atoms with Crippen LogP contribution in [0.1, 0.15) is 40.0 Å². The third-order valence-corrected chi connectivity index (χ3v) is 5.04. The number of nitrogens with one attached hydrogen (secondary N) is 2. The number of carbonyl (C=O) groups is 1. The highest BCUT2D eigenvalue weighted by Crippen LogP contribution is 2.45. The summed E-state index contributed by atoms with van der Waals surface area (Å²) in [7, 11) is 0. The number of aromatic nitrogens is 1. The summed E-state index contributed by atoms with van der Waals surface area (Å²) in [5, 5.41) is 7.43. The summed E-state index contributed by atoms with van der Waals surface area (Å²) in [5.74, 6) is 0.528. The van der Waals surface area contributed by atoms with E-state index in [-0.39, 0.29) is 11.6 Å². The highest BCUT2D eigenvalue weighted by molar-refractivity contribution is 6.04. The predicted octanol–water partition coefficient (Wildman–Crippen LogP) is 3.26. The standard InChI is InChI=1S/C20H30N6O/c1-4-5-10-15-25-16-17(13-8-6-7-9-14(13)24-18(16)21)26(15)12-20(2,3)11-23-19(22)27/h6-9,15,25H,4-5,10-12H2,1-3H3,(H2,21,24)(H3,22,23,27). The van der Waals surface area contributed by atoms with Gasteiger partial charge in [-0.1, -0.05) is 45.4 Å². The van der Waals surface area contributed by atoms with Crippen molar-refractivity contribution in [2.45, 2.75) is 46.2 Å². The molecule has 0 aliphatic carbocycles. The van der Waals surface area contributed by atoms with Crippen LogP contribution in [0.3, 0.4) is 0 Å². The Bertz CT molecular complexity index is 835. The van der Waals surface area contributed by atoms with E-state index in [0.717, 1.165) is 48.1 Å². The summed E-state index contributed by atoms with van der Waals surface area (Å²) in [5.41, 5.74) is 14.3. The third kappa shape index (κ3) is 4.02. The number of fused-ring (bicyclic) bond motifs is 3. The topological polar surface area (TPSA) is 109 Å². The van der Waals surface area contributed by atoms with Crippen molar-refractivity contribution in [3.05, 3.63) is 24.3 Å². The fourth-order valence-corrected chi connectivity index (χ4v) is 3.71. The summed E-state index contributed by atoms with van der Waals surface area (Å²) < 4.78 is 0. The Hall–Kier alpha value is -2.70. The van der Waals surface area contributed by atoms with Crippen molar-refractivity contribution >= 4 is 34.1 Å². The quantitative estimate of drug-likeness (QED) is 0.598. The van der Waals surface area contributed by atoms with Gasteiger partial charge in [0.1, 0.15) is 11.5 Å². The summed E-state index contributed by atoms with van der Waals surface area (Å²) in [6, 6.07) is 7.58. The van der Waals surface area contributed by atoms with Gasteiger partial charge in [-0.2, -0.15) is 0 Å². The van der Waals surface area contributed by atoms with Gasteiger partial charge in [-0.05, 0) is 24.3 Å². The first-order chi connectivity index (χ1) is 12.8. The molecule has 0 radical (unpaired) electrons. The van der Waals surface area contributed by atoms with Crippen LogP contribution in [0.25, 0.3) is 10.9 Å². The lowest BCUT2D eigenvalue weighted by Crippen LogP contribution is -2.47. The Labute approximate surface area is 160 Å². The van der Waals surface area contributed by atoms with Gasteiger partial charge < -0.3 is 27.0 Å². The summed E-state index contributed by atoms with van der Waals surface area (Å²) in [6.45, 7) is 7.72. The minimum Gasteiger partial charge on any atom is -0.382 e. The average Bonchev–Trinajstić information content (AvgIpc) is 2.97. The molecule has 2 amide bonds. The zero-order chi connectivity index (χ0) is 19.6. The number of carbonyl (C=O) groups excluding carboxylic acids is 1. The first-order valence-electron chi connectivity index (χ1n) is 9.57. The van der Waals surface area contributed by atoms with Crippen LogP contribution in [0.4, 0.5) is 22.0 Å². The molecule has 0 saturated heterocycles. The number of para-hydroxylation sites is 1. The van der Waals surface area contributed by atoms with E-state index in [1.54, 1.807) is 0 Å². The summed E-state index contributed by atoms with van der Waals surface area (Å²) in [6.07, 6.45) is 3.41. The summed E-state index contributed by atoms with van der Waals surface area (Å²) >= 11 is 0. The molecule has 1 atom stereocenters. The minimum atomic E-state index is -0.496. The van der Waals surface area contributed by atoms with Gasteiger partial charge in [0.15, 0.2) is 0 Å². The molecule has 2 aromatic rings. The Morgan fingerprint density at radius 1 is 1.37 bits per heavy atom. The smallest absolute Gasteiger partial charge is 0.312 e. The second-order valence-corrected chi connectivity index (χ2v) is 8.05. The fraction of sp³-hybridized carbons (Fsp3) is 0.500. The maximum absolute atomic E-state index is 11.2. The van der Waals surface area contributed by atoms with Crippen LogP contribution in [0.2, 0.25) is 0 Å². The van der Waals surface area contributed by atoms with Crippen LogP contribution in [-0.4, -0.2) is 30.3 Å². The van der Waals surface area contributed by atoms with E-state index in [2.05, 4.69) is 47.4 Å². The van der Waals surface area contributed by atoms with Crippen molar-refractivity contribution in [3.63, 3.8) is 0 Å². The van der Waals surface area contributed by atoms with Crippen molar-refractivity contribution in [1.29, 1.82) is 0 Å². The number of primary amides is 1. The number of rotatable bonds is 7. The lowest BCUT2D eigenvalue weighted by atomic mass is 9.92. The van der Waals surface area contributed by atoms with Crippen LogP contribution in [0.15, 0.2) is 24.3 Å². The Balaban J connectivity index is 2.00. The van der Waals surface area contributed by atoms with E-state index >= 15 is 0 Å². The molecule has 1 aliphatic heterocycles. The average molecular weight is 371 g/mol. The van der Waals surface area contributed by atoms with E-state index in [9.17, 15) is 4.79 Å². The van der Waals surface area contributed by atoms with Gasteiger partial charge in [0.25, 0.3) is 0 Å². The second-order valence-electron chi connectivity index (χ2n) is 8.05. The number of amides is 2. The molecule has 1 aromatic heterocycles. The molecule has 0 spiro atoms. The lowest BCUT2D eigenvalue weighted by Gasteiger charge is -2.35. The van der Waals surface area contributed by atoms with E-state index < -0.39 is 6.03 Å². The molecule has 3 rings (SSSR count). The van der Waals surface area contributed by atoms with Gasteiger partial charge >= 0.3 is 6.03 Å². The van der Waals surface area contributed by atoms with Gasteiger partial charge in [0.2, 0.25) is 0 Å². The molecule has 7 nitrogen and oxygen atoms in total. The van der Waals surface area contributed by atoms with Crippen LogP contribution in [0, 0.1) is 5.41 Å². The number of anilines is 3. The number of hydrogen-bond acceptors (Lipinski definition) is 5. The minimum absolute atomic E-state index is 0.155. The van der Waals surface area contributed by atoms with E-state index in [0.29, 0.717) is 12.4 Å². The second kappa shape index (κ2) is 7.50. The van der Waals surface area contributed by atoms with Crippen molar-refractivity contribution in [3.8, 4) is 0 Å². The van der Waals surface area contributed by atoms with Crippen LogP contribution >= 0.6 is 0 Å². The number of unbranched alkanes of at least 4 members (excludes halogenated alkanes) is 1. The Kier molecular flexibility index (Phi) is 5.30. The molecule has 0 saturated carbocycles. The van der Waals surface area contributed by atoms with Crippen molar-refractivity contribution in [1.82, 2.24) is 10.3 Å². The maximum atomic E-state index is 11.2. The number of benzene rings is 1. The SMILES string of the molecule is CCCCC1Nc2c(N)nc3ccccc3c2N1CC(C)(C)CNC(N)=O. The lowest BCUT2D eigenvalue weighted by molar-refractivity contribution is 0.241. The van der Waals surface area contributed by atoms with Gasteiger partial charge in [-0.25, -0.2) is 9.78 Å².